The van der Waals surface area contributed by atoms with E-state index in [4.69, 9.17) is 9.47 Å². The fourth-order valence-electron chi connectivity index (χ4n) is 4.39. The average molecular weight is 558 g/mol. The average Bonchev–Trinajstić information content (AvgIpc) is 2.98. The Morgan fingerprint density at radius 3 is 2.44 bits per heavy atom. The maximum absolute atomic E-state index is 13.3. The largest absolute Gasteiger partial charge is 0.496 e. The fourth-order valence-corrected chi connectivity index (χ4v) is 4.39. The lowest BCUT2D eigenvalue weighted by Gasteiger charge is -2.26. The number of fused-ring (bicyclic) bond motifs is 1. The molecule has 4 aromatic rings. The second kappa shape index (κ2) is 12.5. The van der Waals surface area contributed by atoms with Crippen molar-refractivity contribution in [1.29, 1.82) is 0 Å². The number of amides is 1. The number of nitrogens with one attached hydrogen (secondary N) is 2. The summed E-state index contributed by atoms with van der Waals surface area (Å²) in [5.41, 5.74) is 3.28. The van der Waals surface area contributed by atoms with E-state index in [9.17, 15) is 9.59 Å². The van der Waals surface area contributed by atoms with Crippen LogP contribution in [0.4, 0.5) is 23.0 Å². The van der Waals surface area contributed by atoms with E-state index in [-0.39, 0.29) is 17.4 Å². The van der Waals surface area contributed by atoms with E-state index >= 15 is 0 Å². The molecule has 0 aliphatic heterocycles. The van der Waals surface area contributed by atoms with Crippen LogP contribution in [0.3, 0.4) is 0 Å². The molecule has 2 heterocycles. The van der Waals surface area contributed by atoms with Crippen LogP contribution in [0.15, 0.2) is 66.1 Å². The van der Waals surface area contributed by atoms with Crippen molar-refractivity contribution in [3.63, 3.8) is 0 Å². The first-order valence-electron chi connectivity index (χ1n) is 12.9. The molecule has 0 atom stereocenters. The first kappa shape index (κ1) is 29.1. The molecule has 0 fully saturated rings. The number of anilines is 4. The van der Waals surface area contributed by atoms with Crippen molar-refractivity contribution in [3.8, 4) is 22.6 Å². The number of aromatic nitrogens is 3. The van der Waals surface area contributed by atoms with Gasteiger partial charge in [0, 0.05) is 50.4 Å². The number of carbonyl (C=O) groups excluding carboxylic acids is 1. The zero-order chi connectivity index (χ0) is 29.7. The summed E-state index contributed by atoms with van der Waals surface area (Å²) < 4.78 is 12.6. The maximum atomic E-state index is 13.3. The van der Waals surface area contributed by atoms with Crippen molar-refractivity contribution in [2.75, 3.05) is 64.0 Å². The highest BCUT2D eigenvalue weighted by molar-refractivity contribution is 6.02. The summed E-state index contributed by atoms with van der Waals surface area (Å²) in [4.78, 5) is 38.8. The van der Waals surface area contributed by atoms with E-state index in [2.05, 4.69) is 32.1 Å². The van der Waals surface area contributed by atoms with Crippen molar-refractivity contribution >= 4 is 40.0 Å². The molecular formula is C30H35N7O4. The van der Waals surface area contributed by atoms with Gasteiger partial charge in [0.25, 0.3) is 5.56 Å². The number of ether oxygens (including phenoxy) is 2. The number of carbonyl (C=O) groups is 1. The standard InChI is InChI=1S/C30H35N7O4/c1-8-27(38)32-22-16-23(26(41-7)17-24(22)36(4)14-13-35(2)3)33-30-31-18-19-15-21(29(39)37(5)28(19)34-30)20-11-9-10-12-25(20)40-6/h8-12,15-18H,1,13-14H2,2-7H3,(H,32,38)(H,31,33,34). The molecule has 41 heavy (non-hydrogen) atoms. The van der Waals surface area contributed by atoms with Crippen LogP contribution in [0, 0.1) is 0 Å². The molecule has 11 heteroatoms. The Balaban J connectivity index is 1.75. The fraction of sp³-hybridized carbons (Fsp3) is 0.267. The predicted molar refractivity (Wildman–Crippen MR) is 164 cm³/mol. The lowest BCUT2D eigenvalue weighted by molar-refractivity contribution is -0.111. The third-order valence-electron chi connectivity index (χ3n) is 6.65. The van der Waals surface area contributed by atoms with Crippen LogP contribution in [0.2, 0.25) is 0 Å². The molecule has 0 spiro atoms. The molecule has 2 aromatic carbocycles. The second-order valence-corrected chi connectivity index (χ2v) is 9.71. The molecule has 0 radical (unpaired) electrons. The van der Waals surface area contributed by atoms with Gasteiger partial charge in [0.15, 0.2) is 0 Å². The Kier molecular flexibility index (Phi) is 8.88. The highest BCUT2D eigenvalue weighted by atomic mass is 16.5. The highest BCUT2D eigenvalue weighted by Gasteiger charge is 2.18. The Hall–Kier alpha value is -4.90. The van der Waals surface area contributed by atoms with Gasteiger partial charge in [0.2, 0.25) is 11.9 Å². The van der Waals surface area contributed by atoms with Crippen molar-refractivity contribution < 1.29 is 14.3 Å². The van der Waals surface area contributed by atoms with Gasteiger partial charge < -0.3 is 29.9 Å². The van der Waals surface area contributed by atoms with Gasteiger partial charge in [0.05, 0.1) is 36.8 Å². The summed E-state index contributed by atoms with van der Waals surface area (Å²) in [6.45, 7) is 5.10. The van der Waals surface area contributed by atoms with E-state index in [0.29, 0.717) is 45.0 Å². The molecule has 0 bridgehead atoms. The molecule has 0 aliphatic carbocycles. The van der Waals surface area contributed by atoms with Crippen molar-refractivity contribution in [3.05, 3.63) is 71.7 Å². The number of methoxy groups -OCH3 is 2. The van der Waals surface area contributed by atoms with Crippen molar-refractivity contribution in [2.24, 2.45) is 7.05 Å². The minimum Gasteiger partial charge on any atom is -0.496 e. The van der Waals surface area contributed by atoms with Crippen LogP contribution in [-0.4, -0.2) is 73.8 Å². The molecule has 0 aliphatic rings. The molecular weight excluding hydrogens is 522 g/mol. The van der Waals surface area contributed by atoms with Crippen LogP contribution >= 0.6 is 0 Å². The molecule has 11 nitrogen and oxygen atoms in total. The van der Waals surface area contributed by atoms with Crippen LogP contribution in [0.1, 0.15) is 0 Å². The van der Waals surface area contributed by atoms with E-state index < -0.39 is 0 Å². The number of pyridine rings is 1. The summed E-state index contributed by atoms with van der Waals surface area (Å²) in [5.74, 6) is 1.04. The minimum absolute atomic E-state index is 0.219. The molecule has 0 saturated heterocycles. The SMILES string of the molecule is C=CC(=O)Nc1cc(Nc2ncc3cc(-c4ccccc4OC)c(=O)n(C)c3n2)c(OC)cc1N(C)CCN(C)C. The number of rotatable bonds is 11. The van der Waals surface area contributed by atoms with E-state index in [1.165, 1.54) is 10.6 Å². The van der Waals surface area contributed by atoms with Crippen molar-refractivity contribution in [1.82, 2.24) is 19.4 Å². The summed E-state index contributed by atoms with van der Waals surface area (Å²) >= 11 is 0. The first-order valence-corrected chi connectivity index (χ1v) is 12.9. The van der Waals surface area contributed by atoms with E-state index in [0.717, 1.165) is 18.8 Å². The Morgan fingerprint density at radius 2 is 1.76 bits per heavy atom. The minimum atomic E-state index is -0.341. The quantitative estimate of drug-likeness (QED) is 0.265. The second-order valence-electron chi connectivity index (χ2n) is 9.71. The molecule has 1 amide bonds. The number of hydrogen-bond donors (Lipinski definition) is 2. The molecule has 214 valence electrons. The van der Waals surface area contributed by atoms with Crippen molar-refractivity contribution in [2.45, 2.75) is 0 Å². The van der Waals surface area contributed by atoms with Crippen LogP contribution < -0.4 is 30.6 Å². The Bertz CT molecular complexity index is 1650. The van der Waals surface area contributed by atoms with Gasteiger partial charge in [-0.2, -0.15) is 4.98 Å². The normalized spacial score (nSPS) is 10.9. The Labute approximate surface area is 239 Å². The predicted octanol–water partition coefficient (Wildman–Crippen LogP) is 3.88. The first-order chi connectivity index (χ1) is 19.7. The molecule has 0 saturated carbocycles. The topological polar surface area (TPSA) is 114 Å². The summed E-state index contributed by atoms with van der Waals surface area (Å²) in [6.07, 6.45) is 2.87. The lowest BCUT2D eigenvalue weighted by atomic mass is 10.1. The van der Waals surface area contributed by atoms with Gasteiger partial charge in [-0.15, -0.1) is 0 Å². The third-order valence-corrected chi connectivity index (χ3v) is 6.65. The third kappa shape index (κ3) is 6.30. The molecule has 2 aromatic heterocycles. The van der Waals surface area contributed by atoms with Gasteiger partial charge in [-0.05, 0) is 38.4 Å². The smallest absolute Gasteiger partial charge is 0.259 e. The van der Waals surface area contributed by atoms with Crippen LogP contribution in [0.5, 0.6) is 11.5 Å². The van der Waals surface area contributed by atoms with E-state index in [1.54, 1.807) is 39.6 Å². The number of nitrogens with zero attached hydrogens (tertiary/aromatic N) is 5. The summed E-state index contributed by atoms with van der Waals surface area (Å²) in [5, 5.41) is 6.75. The van der Waals surface area contributed by atoms with Crippen LogP contribution in [0.25, 0.3) is 22.2 Å². The van der Waals surface area contributed by atoms with Gasteiger partial charge in [-0.3, -0.25) is 14.2 Å². The number of para-hydroxylation sites is 1. The van der Waals surface area contributed by atoms with Gasteiger partial charge in [0.1, 0.15) is 17.1 Å². The molecule has 0 unspecified atom stereocenters. The molecule has 2 N–H and O–H groups in total. The van der Waals surface area contributed by atoms with Gasteiger partial charge in [-0.1, -0.05) is 24.8 Å². The van der Waals surface area contributed by atoms with Gasteiger partial charge >= 0.3 is 0 Å². The lowest BCUT2D eigenvalue weighted by Crippen LogP contribution is -2.29. The monoisotopic (exact) mass is 557 g/mol. The Morgan fingerprint density at radius 1 is 1.02 bits per heavy atom. The summed E-state index contributed by atoms with van der Waals surface area (Å²) in [7, 11) is 10.8. The van der Waals surface area contributed by atoms with Crippen LogP contribution in [-0.2, 0) is 11.8 Å². The zero-order valence-corrected chi connectivity index (χ0v) is 24.2. The number of benzene rings is 2. The van der Waals surface area contributed by atoms with E-state index in [1.807, 2.05) is 56.4 Å². The molecule has 4 rings (SSSR count). The maximum Gasteiger partial charge on any atom is 0.259 e. The number of hydrogen-bond acceptors (Lipinski definition) is 9. The summed E-state index contributed by atoms with van der Waals surface area (Å²) in [6, 6.07) is 12.7. The zero-order valence-electron chi connectivity index (χ0n) is 24.2. The highest BCUT2D eigenvalue weighted by Crippen LogP contribution is 2.38. The van der Waals surface area contributed by atoms with Gasteiger partial charge in [-0.25, -0.2) is 4.98 Å². The number of aryl methyl sites for hydroxylation is 1. The number of likely N-dealkylation sites (N-methyl/N-ethyl adjacent to an activating group) is 2.